The van der Waals surface area contributed by atoms with E-state index in [9.17, 15) is 31.1 Å². The van der Waals surface area contributed by atoms with Crippen LogP contribution >= 0.6 is 0 Å². The number of carbonyl (C=O) groups is 3. The van der Waals surface area contributed by atoms with Crippen molar-refractivity contribution in [1.82, 2.24) is 15.1 Å². The van der Waals surface area contributed by atoms with Crippen LogP contribution in [-0.4, -0.2) is 81.9 Å². The Balaban J connectivity index is 0.000000384. The standard InChI is InChI=1S/C22H24N4O3.2C2HF3O2/c1-26-10-9-19(14-26)29-21-11-17(18-12-23-24-13-18)7-8-20(21)25-22(27)28-15-16-5-3-2-4-6-16;2*3-2(4,5)1(6)7/h2-8,11-13,19H,9-10,14-15H2,1H3,(H,23,24)(H,25,27);2*(H,6,7)/t19-;;/m0../s1. The second-order valence-corrected chi connectivity index (χ2v) is 8.78. The van der Waals surface area contributed by atoms with E-state index in [4.69, 9.17) is 29.3 Å². The summed E-state index contributed by atoms with van der Waals surface area (Å²) in [7, 11) is 2.07. The van der Waals surface area contributed by atoms with Gasteiger partial charge in [-0.25, -0.2) is 14.4 Å². The van der Waals surface area contributed by atoms with Crippen molar-refractivity contribution in [1.29, 1.82) is 0 Å². The van der Waals surface area contributed by atoms with E-state index in [2.05, 4.69) is 27.5 Å². The number of likely N-dealkylation sites (tertiary alicyclic amines) is 1. The Morgan fingerprint density at radius 2 is 1.60 bits per heavy atom. The molecule has 1 atom stereocenters. The normalized spacial score (nSPS) is 14.8. The summed E-state index contributed by atoms with van der Waals surface area (Å²) in [5.74, 6) is -4.89. The number of anilines is 1. The minimum atomic E-state index is -5.08. The van der Waals surface area contributed by atoms with E-state index in [0.29, 0.717) is 11.4 Å². The number of ether oxygens (including phenoxy) is 2. The van der Waals surface area contributed by atoms with Crippen LogP contribution in [-0.2, 0) is 20.9 Å². The van der Waals surface area contributed by atoms with Crippen LogP contribution in [0.25, 0.3) is 11.1 Å². The molecule has 1 aliphatic rings. The van der Waals surface area contributed by atoms with E-state index < -0.39 is 30.4 Å². The number of alkyl halides is 6. The van der Waals surface area contributed by atoms with E-state index in [0.717, 1.165) is 36.2 Å². The molecule has 0 spiro atoms. The fourth-order valence-electron chi connectivity index (χ4n) is 3.35. The fraction of sp³-hybridized carbons (Fsp3) is 0.308. The Bertz CT molecular complexity index is 1310. The monoisotopic (exact) mass is 620 g/mol. The van der Waals surface area contributed by atoms with Crippen molar-refractivity contribution in [2.24, 2.45) is 0 Å². The molecule has 11 nitrogen and oxygen atoms in total. The summed E-state index contributed by atoms with van der Waals surface area (Å²) in [6.45, 7) is 2.06. The van der Waals surface area contributed by atoms with E-state index in [-0.39, 0.29) is 12.7 Å². The van der Waals surface area contributed by atoms with E-state index in [1.54, 1.807) is 6.20 Å². The predicted molar refractivity (Wildman–Crippen MR) is 138 cm³/mol. The van der Waals surface area contributed by atoms with Crippen LogP contribution in [0.3, 0.4) is 0 Å². The van der Waals surface area contributed by atoms with Gasteiger partial charge in [0.05, 0.1) is 11.9 Å². The molecule has 4 N–H and O–H groups in total. The number of carbonyl (C=O) groups excluding carboxylic acids is 1. The van der Waals surface area contributed by atoms with Gasteiger partial charge in [0.1, 0.15) is 18.5 Å². The van der Waals surface area contributed by atoms with Crippen LogP contribution in [0.1, 0.15) is 12.0 Å². The molecule has 17 heteroatoms. The van der Waals surface area contributed by atoms with Crippen molar-refractivity contribution >= 4 is 23.7 Å². The summed E-state index contributed by atoms with van der Waals surface area (Å²) in [6.07, 6.45) is -6.07. The van der Waals surface area contributed by atoms with Crippen LogP contribution in [0.4, 0.5) is 36.8 Å². The van der Waals surface area contributed by atoms with Gasteiger partial charge >= 0.3 is 30.4 Å². The quantitative estimate of drug-likeness (QED) is 0.273. The number of amides is 1. The van der Waals surface area contributed by atoms with E-state index >= 15 is 0 Å². The lowest BCUT2D eigenvalue weighted by Crippen LogP contribution is -2.22. The maximum atomic E-state index is 12.3. The molecule has 2 heterocycles. The summed E-state index contributed by atoms with van der Waals surface area (Å²) < 4.78 is 75.1. The molecule has 4 rings (SSSR count). The van der Waals surface area contributed by atoms with Gasteiger partial charge < -0.3 is 24.6 Å². The van der Waals surface area contributed by atoms with Gasteiger partial charge in [-0.1, -0.05) is 36.4 Å². The zero-order valence-corrected chi connectivity index (χ0v) is 22.3. The summed E-state index contributed by atoms with van der Waals surface area (Å²) in [5, 5.41) is 23.9. The number of halogens is 6. The highest BCUT2D eigenvalue weighted by atomic mass is 19.4. The molecular weight excluding hydrogens is 594 g/mol. The Morgan fingerprint density at radius 1 is 1.00 bits per heavy atom. The minimum Gasteiger partial charge on any atom is -0.487 e. The topological polar surface area (TPSA) is 154 Å². The van der Waals surface area contributed by atoms with E-state index in [1.165, 1.54) is 0 Å². The van der Waals surface area contributed by atoms with Crippen LogP contribution in [0.2, 0.25) is 0 Å². The highest BCUT2D eigenvalue weighted by Gasteiger charge is 2.38. The average Bonchev–Trinajstić information content (AvgIpc) is 3.61. The zero-order valence-electron chi connectivity index (χ0n) is 22.3. The number of nitrogens with zero attached hydrogens (tertiary/aromatic N) is 2. The maximum Gasteiger partial charge on any atom is 0.490 e. The number of hydrogen-bond donors (Lipinski definition) is 4. The first kappa shape index (κ1) is 34.4. The number of aliphatic carboxylic acids is 2. The molecule has 0 radical (unpaired) electrons. The number of carboxylic acids is 2. The lowest BCUT2D eigenvalue weighted by molar-refractivity contribution is -0.193. The number of benzene rings is 2. The molecule has 1 amide bonds. The summed E-state index contributed by atoms with van der Waals surface area (Å²) in [5.41, 5.74) is 3.44. The van der Waals surface area contributed by atoms with Crippen LogP contribution in [0.15, 0.2) is 60.9 Å². The summed E-state index contributed by atoms with van der Waals surface area (Å²) in [4.78, 5) is 32.3. The predicted octanol–water partition coefficient (Wildman–Crippen LogP) is 5.17. The third-order valence-corrected chi connectivity index (χ3v) is 5.39. The maximum absolute atomic E-state index is 12.3. The van der Waals surface area contributed by atoms with Gasteiger partial charge in [0.2, 0.25) is 0 Å². The number of nitrogens with one attached hydrogen (secondary N) is 2. The number of carboxylic acid groups (broad SMARTS) is 2. The largest absolute Gasteiger partial charge is 0.490 e. The first-order valence-electron chi connectivity index (χ1n) is 12.1. The molecule has 1 aromatic heterocycles. The highest BCUT2D eigenvalue weighted by Crippen LogP contribution is 2.32. The number of hydrogen-bond acceptors (Lipinski definition) is 7. The smallest absolute Gasteiger partial charge is 0.487 e. The van der Waals surface area contributed by atoms with Crippen molar-refractivity contribution in [3.05, 3.63) is 66.5 Å². The number of H-pyrrole nitrogens is 1. The van der Waals surface area contributed by atoms with E-state index in [1.807, 2.05) is 54.7 Å². The van der Waals surface area contributed by atoms with Crippen LogP contribution < -0.4 is 10.1 Å². The molecule has 0 unspecified atom stereocenters. The molecule has 2 aromatic carbocycles. The molecule has 1 fully saturated rings. The van der Waals surface area contributed by atoms with Crippen LogP contribution in [0.5, 0.6) is 5.75 Å². The molecule has 0 bridgehead atoms. The molecule has 43 heavy (non-hydrogen) atoms. The molecular formula is C26H26F6N4O7. The molecule has 3 aromatic rings. The summed E-state index contributed by atoms with van der Waals surface area (Å²) in [6, 6.07) is 15.3. The van der Waals surface area contributed by atoms with Crippen molar-refractivity contribution in [2.75, 3.05) is 25.5 Å². The lowest BCUT2D eigenvalue weighted by Gasteiger charge is -2.18. The van der Waals surface area contributed by atoms with Gasteiger partial charge in [0.15, 0.2) is 0 Å². The Kier molecular flexibility index (Phi) is 12.3. The number of aromatic amines is 1. The summed E-state index contributed by atoms with van der Waals surface area (Å²) >= 11 is 0. The third-order valence-electron chi connectivity index (χ3n) is 5.39. The second-order valence-electron chi connectivity index (χ2n) is 8.78. The first-order valence-corrected chi connectivity index (χ1v) is 12.1. The Hall–Kier alpha value is -4.80. The Morgan fingerprint density at radius 3 is 2.09 bits per heavy atom. The highest BCUT2D eigenvalue weighted by molar-refractivity contribution is 5.87. The first-order chi connectivity index (χ1) is 20.1. The molecule has 0 saturated carbocycles. The van der Waals surface area contributed by atoms with Crippen molar-refractivity contribution < 1.29 is 60.4 Å². The Labute approximate surface area is 240 Å². The van der Waals surface area contributed by atoms with Gasteiger partial charge in [-0.15, -0.1) is 0 Å². The lowest BCUT2D eigenvalue weighted by atomic mass is 10.1. The zero-order chi connectivity index (χ0) is 32.2. The van der Waals surface area contributed by atoms with Crippen molar-refractivity contribution in [2.45, 2.75) is 31.5 Å². The van der Waals surface area contributed by atoms with Gasteiger partial charge in [-0.3, -0.25) is 10.4 Å². The molecule has 1 aliphatic heterocycles. The van der Waals surface area contributed by atoms with Crippen molar-refractivity contribution in [3.8, 4) is 16.9 Å². The van der Waals surface area contributed by atoms with Gasteiger partial charge in [-0.05, 0) is 36.7 Å². The van der Waals surface area contributed by atoms with Crippen molar-refractivity contribution in [3.63, 3.8) is 0 Å². The van der Waals surface area contributed by atoms with Gasteiger partial charge in [0, 0.05) is 24.8 Å². The van der Waals surface area contributed by atoms with Gasteiger partial charge in [0.25, 0.3) is 0 Å². The SMILES string of the molecule is CN1CC[C@H](Oc2cc(-c3cn[nH]c3)ccc2NC(=O)OCc2ccccc2)C1.O=C(O)C(F)(F)F.O=C(O)C(F)(F)F. The number of rotatable bonds is 6. The third kappa shape index (κ3) is 12.3. The fourth-order valence-corrected chi connectivity index (χ4v) is 3.35. The molecule has 1 saturated heterocycles. The molecule has 0 aliphatic carbocycles. The molecule has 234 valence electrons. The average molecular weight is 621 g/mol. The number of likely N-dealkylation sites (N-methyl/N-ethyl adjacent to an activating group) is 1. The van der Waals surface area contributed by atoms with Crippen LogP contribution in [0, 0.1) is 0 Å². The number of aromatic nitrogens is 2. The van der Waals surface area contributed by atoms with Gasteiger partial charge in [-0.2, -0.15) is 31.4 Å². The second kappa shape index (κ2) is 15.4. The minimum absolute atomic E-state index is 0.0838.